The smallest absolute Gasteiger partial charge is 0.331 e. The Morgan fingerprint density at radius 1 is 1.12 bits per heavy atom. The van der Waals surface area contributed by atoms with Crippen molar-refractivity contribution < 1.29 is 14.3 Å². The molecule has 2 rings (SSSR count). The van der Waals surface area contributed by atoms with Gasteiger partial charge in [-0.05, 0) is 39.3 Å². The van der Waals surface area contributed by atoms with Crippen LogP contribution in [-0.4, -0.2) is 22.9 Å². The first-order valence-electron chi connectivity index (χ1n) is 7.94. The number of hydrogen-bond donors (Lipinski definition) is 0. The van der Waals surface area contributed by atoms with Crippen molar-refractivity contribution in [2.24, 2.45) is 0 Å². The Kier molecular flexibility index (Phi) is 5.74. The number of benzene rings is 1. The van der Waals surface area contributed by atoms with Crippen molar-refractivity contribution in [3.63, 3.8) is 0 Å². The Hall–Kier alpha value is -2.62. The lowest BCUT2D eigenvalue weighted by atomic mass is 10.1. The first-order valence-corrected chi connectivity index (χ1v) is 7.94. The van der Waals surface area contributed by atoms with Gasteiger partial charge in [0.05, 0.1) is 0 Å². The van der Waals surface area contributed by atoms with Gasteiger partial charge in [-0.3, -0.25) is 4.79 Å². The highest BCUT2D eigenvalue weighted by Crippen LogP contribution is 2.18. The van der Waals surface area contributed by atoms with Crippen molar-refractivity contribution in [3.05, 3.63) is 70.6 Å². The number of Topliss-reactive ketones (excluding diaryl/α,β-unsaturated/α-hetero) is 1. The second-order valence-corrected chi connectivity index (χ2v) is 6.11. The van der Waals surface area contributed by atoms with Crippen LogP contribution in [0.15, 0.2) is 48.0 Å². The first-order chi connectivity index (χ1) is 11.4. The number of esters is 1. The quantitative estimate of drug-likeness (QED) is 0.460. The van der Waals surface area contributed by atoms with Crippen LogP contribution in [0.25, 0.3) is 0 Å². The standard InChI is InChI=1S/C20H23NO3/c1-14(2)10-20(23)24-13-19(22)18-11-15(3)21(16(18)4)12-17-8-6-5-7-9-17/h5-11H,12-13H2,1-4H3. The second kappa shape index (κ2) is 7.77. The molecule has 126 valence electrons. The van der Waals surface area contributed by atoms with Crippen LogP contribution in [0.5, 0.6) is 0 Å². The number of allylic oxidation sites excluding steroid dienone is 1. The second-order valence-electron chi connectivity index (χ2n) is 6.11. The molecule has 1 aromatic heterocycles. The van der Waals surface area contributed by atoms with Crippen LogP contribution in [0, 0.1) is 13.8 Å². The molecule has 0 aliphatic carbocycles. The van der Waals surface area contributed by atoms with E-state index in [0.717, 1.165) is 17.0 Å². The zero-order valence-corrected chi connectivity index (χ0v) is 14.6. The summed E-state index contributed by atoms with van der Waals surface area (Å²) in [6, 6.07) is 11.9. The molecular weight excluding hydrogens is 302 g/mol. The van der Waals surface area contributed by atoms with Crippen molar-refractivity contribution in [2.45, 2.75) is 34.2 Å². The van der Waals surface area contributed by atoms with Gasteiger partial charge >= 0.3 is 5.97 Å². The van der Waals surface area contributed by atoms with Crippen LogP contribution in [0.4, 0.5) is 0 Å². The molecule has 0 aliphatic rings. The molecule has 1 aromatic carbocycles. The van der Waals surface area contributed by atoms with Crippen molar-refractivity contribution in [2.75, 3.05) is 6.61 Å². The summed E-state index contributed by atoms with van der Waals surface area (Å²) in [4.78, 5) is 23.9. The third-order valence-electron chi connectivity index (χ3n) is 3.81. The zero-order valence-electron chi connectivity index (χ0n) is 14.6. The van der Waals surface area contributed by atoms with Gasteiger partial charge in [0.1, 0.15) is 0 Å². The van der Waals surface area contributed by atoms with Crippen LogP contribution in [0.1, 0.15) is 41.2 Å². The van der Waals surface area contributed by atoms with Crippen LogP contribution in [0.2, 0.25) is 0 Å². The molecule has 0 bridgehead atoms. The van der Waals surface area contributed by atoms with E-state index in [-0.39, 0.29) is 12.4 Å². The molecule has 4 nitrogen and oxygen atoms in total. The lowest BCUT2D eigenvalue weighted by molar-refractivity contribution is -0.136. The maximum absolute atomic E-state index is 12.4. The van der Waals surface area contributed by atoms with Gasteiger partial charge in [-0.2, -0.15) is 0 Å². The third-order valence-corrected chi connectivity index (χ3v) is 3.81. The predicted octanol–water partition coefficient (Wildman–Crippen LogP) is 3.85. The summed E-state index contributed by atoms with van der Waals surface area (Å²) in [5.41, 5.74) is 4.52. The monoisotopic (exact) mass is 325 g/mol. The summed E-state index contributed by atoms with van der Waals surface area (Å²) >= 11 is 0. The zero-order chi connectivity index (χ0) is 17.7. The average Bonchev–Trinajstić information content (AvgIpc) is 2.81. The van der Waals surface area contributed by atoms with E-state index < -0.39 is 5.97 Å². The summed E-state index contributed by atoms with van der Waals surface area (Å²) in [6.07, 6.45) is 1.38. The summed E-state index contributed by atoms with van der Waals surface area (Å²) in [6.45, 7) is 7.98. The molecule has 0 atom stereocenters. The van der Waals surface area contributed by atoms with Gasteiger partial charge in [0, 0.05) is 29.6 Å². The van der Waals surface area contributed by atoms with Gasteiger partial charge in [-0.1, -0.05) is 35.9 Å². The molecule has 2 aromatic rings. The van der Waals surface area contributed by atoms with Crippen molar-refractivity contribution in [3.8, 4) is 0 Å². The highest BCUT2D eigenvalue weighted by molar-refractivity contribution is 5.99. The lowest BCUT2D eigenvalue weighted by Crippen LogP contribution is -2.14. The normalized spacial score (nSPS) is 10.3. The SMILES string of the molecule is CC(C)=CC(=O)OCC(=O)c1cc(C)n(Cc2ccccc2)c1C. The summed E-state index contributed by atoms with van der Waals surface area (Å²) in [5, 5.41) is 0. The van der Waals surface area contributed by atoms with E-state index in [9.17, 15) is 9.59 Å². The van der Waals surface area contributed by atoms with Crippen LogP contribution in [-0.2, 0) is 16.1 Å². The fourth-order valence-electron chi connectivity index (χ4n) is 2.58. The van der Waals surface area contributed by atoms with E-state index >= 15 is 0 Å². The van der Waals surface area contributed by atoms with E-state index in [1.165, 1.54) is 11.6 Å². The Balaban J connectivity index is 2.11. The lowest BCUT2D eigenvalue weighted by Gasteiger charge is -2.10. The molecule has 0 saturated heterocycles. The number of aryl methyl sites for hydroxylation is 1. The number of rotatable bonds is 6. The van der Waals surface area contributed by atoms with Gasteiger partial charge in [0.2, 0.25) is 5.78 Å². The Morgan fingerprint density at radius 3 is 2.42 bits per heavy atom. The minimum Gasteiger partial charge on any atom is -0.454 e. The fourth-order valence-corrected chi connectivity index (χ4v) is 2.58. The number of aromatic nitrogens is 1. The third kappa shape index (κ3) is 4.44. The highest BCUT2D eigenvalue weighted by Gasteiger charge is 2.17. The van der Waals surface area contributed by atoms with E-state index in [2.05, 4.69) is 16.7 Å². The van der Waals surface area contributed by atoms with Crippen LogP contribution in [0.3, 0.4) is 0 Å². The maximum Gasteiger partial charge on any atom is 0.331 e. The van der Waals surface area contributed by atoms with Crippen molar-refractivity contribution >= 4 is 11.8 Å². The van der Waals surface area contributed by atoms with Crippen LogP contribution < -0.4 is 0 Å². The topological polar surface area (TPSA) is 48.3 Å². The van der Waals surface area contributed by atoms with Crippen LogP contribution >= 0.6 is 0 Å². The average molecular weight is 325 g/mol. The van der Waals surface area contributed by atoms with Gasteiger partial charge in [-0.25, -0.2) is 4.79 Å². The largest absolute Gasteiger partial charge is 0.454 e. The molecule has 0 spiro atoms. The van der Waals surface area contributed by atoms with Gasteiger partial charge in [0.25, 0.3) is 0 Å². The summed E-state index contributed by atoms with van der Waals surface area (Å²) < 4.78 is 7.12. The van der Waals surface area contributed by atoms with Crippen molar-refractivity contribution in [1.29, 1.82) is 0 Å². The van der Waals surface area contributed by atoms with Gasteiger partial charge in [0.15, 0.2) is 6.61 Å². The molecule has 0 N–H and O–H groups in total. The molecule has 0 radical (unpaired) electrons. The number of carbonyl (C=O) groups is 2. The molecular formula is C20H23NO3. The molecule has 0 aliphatic heterocycles. The summed E-state index contributed by atoms with van der Waals surface area (Å²) in [5.74, 6) is -0.667. The minimum atomic E-state index is -0.485. The molecule has 0 unspecified atom stereocenters. The van der Waals surface area contributed by atoms with E-state index in [1.807, 2.05) is 38.1 Å². The highest BCUT2D eigenvalue weighted by atomic mass is 16.5. The Bertz CT molecular complexity index is 766. The number of hydrogen-bond acceptors (Lipinski definition) is 3. The summed E-state index contributed by atoms with van der Waals surface area (Å²) in [7, 11) is 0. The molecule has 0 saturated carbocycles. The Labute approximate surface area is 142 Å². The number of ether oxygens (including phenoxy) is 1. The minimum absolute atomic E-state index is 0.182. The Morgan fingerprint density at radius 2 is 1.79 bits per heavy atom. The molecule has 4 heteroatoms. The van der Waals surface area contributed by atoms with E-state index in [0.29, 0.717) is 12.1 Å². The number of nitrogens with zero attached hydrogens (tertiary/aromatic N) is 1. The fraction of sp³-hybridized carbons (Fsp3) is 0.300. The maximum atomic E-state index is 12.4. The van der Waals surface area contributed by atoms with Gasteiger partial charge < -0.3 is 9.30 Å². The molecule has 0 fully saturated rings. The van der Waals surface area contributed by atoms with Crippen molar-refractivity contribution in [1.82, 2.24) is 4.57 Å². The van der Waals surface area contributed by atoms with E-state index in [1.54, 1.807) is 13.8 Å². The predicted molar refractivity (Wildman–Crippen MR) is 94.2 cm³/mol. The van der Waals surface area contributed by atoms with E-state index in [4.69, 9.17) is 4.74 Å². The van der Waals surface area contributed by atoms with Gasteiger partial charge in [-0.15, -0.1) is 0 Å². The first kappa shape index (κ1) is 17.7. The molecule has 24 heavy (non-hydrogen) atoms. The molecule has 0 amide bonds. The molecule has 1 heterocycles. The number of ketones is 1. The number of carbonyl (C=O) groups excluding carboxylic acids is 2.